The van der Waals surface area contributed by atoms with E-state index in [0.29, 0.717) is 39.7 Å². The van der Waals surface area contributed by atoms with Crippen LogP contribution in [-0.4, -0.2) is 29.7 Å². The van der Waals surface area contributed by atoms with E-state index in [0.717, 1.165) is 32.0 Å². The van der Waals surface area contributed by atoms with E-state index in [1.54, 1.807) is 18.2 Å². The van der Waals surface area contributed by atoms with Crippen molar-refractivity contribution in [3.63, 3.8) is 0 Å². The molecule has 7 nitrogen and oxygen atoms in total. The molecule has 1 saturated carbocycles. The van der Waals surface area contributed by atoms with E-state index in [1.807, 2.05) is 0 Å². The first-order chi connectivity index (χ1) is 20.3. The van der Waals surface area contributed by atoms with Crippen LogP contribution in [0.4, 0.5) is 20.2 Å². The average Bonchev–Trinajstić information content (AvgIpc) is 2.97. The number of piperidine rings is 1. The summed E-state index contributed by atoms with van der Waals surface area (Å²) in [5, 5.41) is 16.9. The Hall–Kier alpha value is -3.71. The molecule has 1 aliphatic heterocycles. The molecule has 216 valence electrons. The van der Waals surface area contributed by atoms with Crippen molar-refractivity contribution in [2.75, 3.05) is 25.0 Å². The number of hydrogen-bond acceptors (Lipinski definition) is 7. The van der Waals surface area contributed by atoms with Crippen LogP contribution in [0.5, 0.6) is 11.5 Å². The Morgan fingerprint density at radius 1 is 1.05 bits per heavy atom. The third kappa shape index (κ3) is 5.93. The van der Waals surface area contributed by atoms with Crippen molar-refractivity contribution in [2.45, 2.75) is 32.3 Å². The molecule has 11 heteroatoms. The molecule has 0 amide bonds. The number of nitrogens with zero attached hydrogens (tertiary/aromatic N) is 3. The molecule has 42 heavy (non-hydrogen) atoms. The molecule has 6 rings (SSSR count). The second-order valence-electron chi connectivity index (χ2n) is 10.9. The molecule has 0 radical (unpaired) electrons. The predicted molar refractivity (Wildman–Crippen MR) is 157 cm³/mol. The monoisotopic (exact) mass is 609 g/mol. The summed E-state index contributed by atoms with van der Waals surface area (Å²) in [6, 6.07) is 12.4. The summed E-state index contributed by atoms with van der Waals surface area (Å²) in [4.78, 5) is 8.46. The van der Waals surface area contributed by atoms with Gasteiger partial charge in [-0.05, 0) is 68.3 Å². The highest BCUT2D eigenvalue weighted by atomic mass is 35.5. The lowest BCUT2D eigenvalue weighted by Gasteiger charge is -2.50. The van der Waals surface area contributed by atoms with Gasteiger partial charge in [-0.1, -0.05) is 29.3 Å². The predicted octanol–water partition coefficient (Wildman–Crippen LogP) is 7.57. The highest BCUT2D eigenvalue weighted by Gasteiger charge is 2.44. The largest absolute Gasteiger partial charge is 0.490 e. The maximum absolute atomic E-state index is 15.3. The molecule has 1 saturated heterocycles. The number of nitriles is 1. The maximum Gasteiger partial charge on any atom is 0.167 e. The van der Waals surface area contributed by atoms with Gasteiger partial charge in [0.2, 0.25) is 0 Å². The van der Waals surface area contributed by atoms with Crippen molar-refractivity contribution >= 4 is 45.5 Å². The molecule has 2 aromatic heterocycles. The third-order valence-electron chi connectivity index (χ3n) is 8.05. The SMILES string of the molecule is N#Cc1cnc2cc(OCC3CC4(CCNCC4)C3)c(F)cc2c1Nc1cc(F)c(OCc2cccc(Cl)n2)cc1Cl. The zero-order chi connectivity index (χ0) is 29.3. The van der Waals surface area contributed by atoms with E-state index in [2.05, 4.69) is 26.7 Å². The van der Waals surface area contributed by atoms with Crippen molar-refractivity contribution in [3.8, 4) is 17.6 Å². The van der Waals surface area contributed by atoms with Gasteiger partial charge >= 0.3 is 0 Å². The second-order valence-corrected chi connectivity index (χ2v) is 11.7. The molecule has 0 bridgehead atoms. The van der Waals surface area contributed by atoms with Gasteiger partial charge in [0, 0.05) is 29.8 Å². The molecule has 1 spiro atoms. The van der Waals surface area contributed by atoms with Gasteiger partial charge in [-0.3, -0.25) is 4.98 Å². The standard InChI is InChI=1S/C31H27Cl2F2N5O2/c32-22-9-27(42-17-20-2-1-3-29(33)39-20)24(35)10-26(22)40-30-19(14-36)15-38-25-11-28(23(34)8-21(25)30)41-16-18-12-31(13-18)4-6-37-7-5-31/h1-3,8-11,15,18,37H,4-7,12-13,16-17H2,(H,38,40). The quantitative estimate of drug-likeness (QED) is 0.199. The van der Waals surface area contributed by atoms with E-state index < -0.39 is 11.6 Å². The third-order valence-corrected chi connectivity index (χ3v) is 8.58. The van der Waals surface area contributed by atoms with Crippen molar-refractivity contribution < 1.29 is 18.3 Å². The molecule has 2 aliphatic rings. The molecule has 2 aromatic carbocycles. The van der Waals surface area contributed by atoms with E-state index >= 15 is 8.78 Å². The van der Waals surface area contributed by atoms with Crippen LogP contribution in [0.1, 0.15) is 36.9 Å². The highest BCUT2D eigenvalue weighted by molar-refractivity contribution is 6.33. The van der Waals surface area contributed by atoms with Gasteiger partial charge in [0.15, 0.2) is 23.1 Å². The number of aromatic nitrogens is 2. The van der Waals surface area contributed by atoms with Crippen LogP contribution in [-0.2, 0) is 6.61 Å². The van der Waals surface area contributed by atoms with Crippen LogP contribution in [0.3, 0.4) is 0 Å². The summed E-state index contributed by atoms with van der Waals surface area (Å²) >= 11 is 12.4. The molecule has 0 atom stereocenters. The van der Waals surface area contributed by atoms with Gasteiger partial charge < -0.3 is 20.1 Å². The number of benzene rings is 2. The lowest BCUT2D eigenvalue weighted by atomic mass is 9.58. The molecule has 2 N–H and O–H groups in total. The Bertz CT molecular complexity index is 1680. The minimum atomic E-state index is -0.690. The van der Waals surface area contributed by atoms with Crippen LogP contribution in [0.2, 0.25) is 10.2 Å². The second kappa shape index (κ2) is 11.9. The van der Waals surface area contributed by atoms with Gasteiger partial charge in [-0.25, -0.2) is 13.8 Å². The first kappa shape index (κ1) is 28.4. The summed E-state index contributed by atoms with van der Waals surface area (Å²) in [6.07, 6.45) is 5.93. The summed E-state index contributed by atoms with van der Waals surface area (Å²) in [6.45, 7) is 2.53. The van der Waals surface area contributed by atoms with Crippen LogP contribution in [0.15, 0.2) is 48.7 Å². The molecular weight excluding hydrogens is 583 g/mol. The van der Waals surface area contributed by atoms with Crippen LogP contribution in [0.25, 0.3) is 10.9 Å². The highest BCUT2D eigenvalue weighted by Crippen LogP contribution is 2.51. The van der Waals surface area contributed by atoms with E-state index in [-0.39, 0.29) is 40.1 Å². The molecule has 1 aliphatic carbocycles. The molecule has 3 heterocycles. The normalized spacial score (nSPS) is 16.2. The minimum Gasteiger partial charge on any atom is -0.490 e. The fraction of sp³-hybridized carbons (Fsp3) is 0.323. The van der Waals surface area contributed by atoms with Gasteiger partial charge in [0.1, 0.15) is 17.8 Å². The van der Waals surface area contributed by atoms with Gasteiger partial charge in [0.25, 0.3) is 0 Å². The number of anilines is 2. The fourth-order valence-corrected chi connectivity index (χ4v) is 6.31. The van der Waals surface area contributed by atoms with E-state index in [9.17, 15) is 5.26 Å². The fourth-order valence-electron chi connectivity index (χ4n) is 5.93. The molecular formula is C31H27Cl2F2N5O2. The van der Waals surface area contributed by atoms with Crippen molar-refractivity contribution in [1.29, 1.82) is 5.26 Å². The average molecular weight is 610 g/mol. The summed E-state index contributed by atoms with van der Waals surface area (Å²) in [7, 11) is 0. The Morgan fingerprint density at radius 2 is 1.81 bits per heavy atom. The zero-order valence-electron chi connectivity index (χ0n) is 22.5. The number of hydrogen-bond donors (Lipinski definition) is 2. The van der Waals surface area contributed by atoms with E-state index in [1.165, 1.54) is 37.2 Å². The van der Waals surface area contributed by atoms with Gasteiger partial charge in [-0.2, -0.15) is 5.26 Å². The van der Waals surface area contributed by atoms with Crippen molar-refractivity contribution in [2.24, 2.45) is 11.3 Å². The number of nitrogens with one attached hydrogen (secondary N) is 2. The van der Waals surface area contributed by atoms with Gasteiger partial charge in [-0.15, -0.1) is 0 Å². The zero-order valence-corrected chi connectivity index (χ0v) is 24.0. The number of rotatable bonds is 8. The van der Waals surface area contributed by atoms with Crippen LogP contribution >= 0.6 is 23.2 Å². The van der Waals surface area contributed by atoms with Gasteiger partial charge in [0.05, 0.1) is 39.8 Å². The summed E-state index contributed by atoms with van der Waals surface area (Å²) < 4.78 is 41.7. The number of pyridine rings is 2. The van der Waals surface area contributed by atoms with Crippen LogP contribution in [0, 0.1) is 34.3 Å². The van der Waals surface area contributed by atoms with Crippen molar-refractivity contribution in [1.82, 2.24) is 15.3 Å². The lowest BCUT2D eigenvalue weighted by molar-refractivity contribution is -0.00264. The Morgan fingerprint density at radius 3 is 2.57 bits per heavy atom. The lowest BCUT2D eigenvalue weighted by Crippen LogP contribution is -2.46. The smallest absolute Gasteiger partial charge is 0.167 e. The first-order valence-corrected chi connectivity index (χ1v) is 14.4. The summed E-state index contributed by atoms with van der Waals surface area (Å²) in [5.74, 6) is -0.844. The number of fused-ring (bicyclic) bond motifs is 1. The molecule has 2 fully saturated rings. The molecule has 0 unspecified atom stereocenters. The minimum absolute atomic E-state index is 0.0169. The number of ether oxygens (including phenoxy) is 2. The molecule has 4 aromatic rings. The van der Waals surface area contributed by atoms with Crippen molar-refractivity contribution in [3.05, 3.63) is 81.7 Å². The first-order valence-electron chi connectivity index (χ1n) is 13.7. The Kier molecular flexibility index (Phi) is 8.04. The number of halogens is 4. The topological polar surface area (TPSA) is 92.1 Å². The van der Waals surface area contributed by atoms with Crippen LogP contribution < -0.4 is 20.1 Å². The van der Waals surface area contributed by atoms with E-state index in [4.69, 9.17) is 32.7 Å². The Labute approximate surface area is 251 Å². The Balaban J connectivity index is 1.19. The maximum atomic E-state index is 15.3. The summed E-state index contributed by atoms with van der Waals surface area (Å²) in [5.41, 5.74) is 1.91.